The Morgan fingerprint density at radius 2 is 1.88 bits per heavy atom. The van der Waals surface area contributed by atoms with Gasteiger partial charge in [0, 0.05) is 17.8 Å². The van der Waals surface area contributed by atoms with E-state index in [2.05, 4.69) is 12.2 Å². The van der Waals surface area contributed by atoms with Crippen LogP contribution in [0.15, 0.2) is 35.7 Å². The monoisotopic (exact) mass is 481 g/mol. The number of hydrogen-bond acceptors (Lipinski definition) is 5. The predicted octanol–water partition coefficient (Wildman–Crippen LogP) is 4.83. The maximum absolute atomic E-state index is 14.0. The van der Waals surface area contributed by atoms with E-state index in [1.807, 2.05) is 35.1 Å². The van der Waals surface area contributed by atoms with Gasteiger partial charge in [0.2, 0.25) is 5.91 Å². The zero-order valence-corrected chi connectivity index (χ0v) is 20.9. The summed E-state index contributed by atoms with van der Waals surface area (Å²) in [6, 6.07) is 9.42. The number of ether oxygens (including phenoxy) is 2. The number of rotatable bonds is 5. The molecule has 0 radical (unpaired) electrons. The molecular weight excluding hydrogens is 450 g/mol. The fourth-order valence-electron chi connectivity index (χ4n) is 5.44. The highest BCUT2D eigenvalue weighted by molar-refractivity contribution is 7.17. The number of amides is 2. The lowest BCUT2D eigenvalue weighted by Crippen LogP contribution is -2.65. The molecule has 2 amide bonds. The van der Waals surface area contributed by atoms with Gasteiger partial charge in [-0.3, -0.25) is 14.5 Å². The molecule has 8 heteroatoms. The average Bonchev–Trinajstić information content (AvgIpc) is 3.43. The van der Waals surface area contributed by atoms with Crippen molar-refractivity contribution in [1.82, 2.24) is 9.88 Å². The van der Waals surface area contributed by atoms with Crippen LogP contribution in [-0.4, -0.2) is 42.2 Å². The molecule has 1 N–H and O–H groups in total. The van der Waals surface area contributed by atoms with Crippen molar-refractivity contribution in [2.45, 2.75) is 57.7 Å². The van der Waals surface area contributed by atoms with Gasteiger partial charge in [0.15, 0.2) is 11.5 Å². The summed E-state index contributed by atoms with van der Waals surface area (Å²) in [5.41, 5.74) is 1.07. The van der Waals surface area contributed by atoms with Crippen molar-refractivity contribution in [3.05, 3.63) is 41.4 Å². The molecule has 3 heterocycles. The van der Waals surface area contributed by atoms with Crippen molar-refractivity contribution in [1.29, 1.82) is 0 Å². The molecule has 0 saturated heterocycles. The Kier molecular flexibility index (Phi) is 5.80. The van der Waals surface area contributed by atoms with E-state index in [1.165, 1.54) is 6.42 Å². The summed E-state index contributed by atoms with van der Waals surface area (Å²) in [5.74, 6) is 1.18. The summed E-state index contributed by atoms with van der Waals surface area (Å²) < 4.78 is 13.9. The van der Waals surface area contributed by atoms with Crippen LogP contribution < -0.4 is 19.7 Å². The van der Waals surface area contributed by atoms with E-state index < -0.39 is 5.54 Å². The van der Waals surface area contributed by atoms with Gasteiger partial charge in [-0.2, -0.15) is 0 Å². The third-order valence-electron chi connectivity index (χ3n) is 7.45. The number of hydrogen-bond donors (Lipinski definition) is 1. The quantitative estimate of drug-likeness (QED) is 0.566. The molecule has 5 rings (SSSR count). The molecular formula is C26H31N3O4S. The fourth-order valence-corrected chi connectivity index (χ4v) is 6.26. The van der Waals surface area contributed by atoms with Crippen molar-refractivity contribution >= 4 is 39.1 Å². The van der Waals surface area contributed by atoms with Crippen molar-refractivity contribution in [2.75, 3.05) is 19.1 Å². The molecule has 3 atom stereocenters. The Morgan fingerprint density at radius 1 is 1.12 bits per heavy atom. The minimum Gasteiger partial charge on any atom is -0.493 e. The van der Waals surface area contributed by atoms with E-state index in [1.54, 1.807) is 42.6 Å². The molecule has 0 unspecified atom stereocenters. The summed E-state index contributed by atoms with van der Waals surface area (Å²) in [5, 5.41) is 5.33. The minimum absolute atomic E-state index is 0.118. The number of carbonyl (C=O) groups excluding carboxylic acids is 2. The molecule has 3 aromatic rings. The minimum atomic E-state index is -1.12. The number of anilines is 1. The Balaban J connectivity index is 1.61. The number of fused-ring (bicyclic) bond motifs is 3. The molecule has 1 fully saturated rings. The molecule has 2 aromatic heterocycles. The predicted molar refractivity (Wildman–Crippen MR) is 134 cm³/mol. The molecule has 1 aliphatic heterocycles. The molecule has 1 saturated carbocycles. The molecule has 34 heavy (non-hydrogen) atoms. The summed E-state index contributed by atoms with van der Waals surface area (Å²) in [6.45, 7) is 4.44. The van der Waals surface area contributed by atoms with Gasteiger partial charge in [0.25, 0.3) is 5.91 Å². The lowest BCUT2D eigenvalue weighted by Gasteiger charge is -2.45. The largest absolute Gasteiger partial charge is 0.493 e. The van der Waals surface area contributed by atoms with Gasteiger partial charge in [-0.05, 0) is 55.3 Å². The smallest absolute Gasteiger partial charge is 0.275 e. The van der Waals surface area contributed by atoms with Crippen LogP contribution in [0, 0.1) is 5.92 Å². The van der Waals surface area contributed by atoms with Crippen LogP contribution in [0.25, 0.3) is 10.2 Å². The number of thiophene rings is 1. The Bertz CT molecular complexity index is 1250. The number of nitrogens with zero attached hydrogens (tertiary/aromatic N) is 2. The number of nitrogens with one attached hydrogen (secondary N) is 1. The second kappa shape index (κ2) is 8.65. The van der Waals surface area contributed by atoms with Crippen LogP contribution in [0.3, 0.4) is 0 Å². The molecule has 180 valence electrons. The average molecular weight is 482 g/mol. The number of methoxy groups -OCH3 is 2. The van der Waals surface area contributed by atoms with Gasteiger partial charge < -0.3 is 19.4 Å². The fraction of sp³-hybridized carbons (Fsp3) is 0.462. The number of aromatic nitrogens is 1. The van der Waals surface area contributed by atoms with Crippen molar-refractivity contribution in [3.63, 3.8) is 0 Å². The highest BCUT2D eigenvalue weighted by atomic mass is 32.1. The van der Waals surface area contributed by atoms with Crippen molar-refractivity contribution in [3.8, 4) is 11.5 Å². The first-order valence-electron chi connectivity index (χ1n) is 11.8. The second-order valence-corrected chi connectivity index (χ2v) is 10.5. The number of carbonyl (C=O) groups is 2. The standard InChI is InChI=1S/C26H31N3O4S/c1-16-7-5-6-8-18(16)27-25(31)26(2)15-28-19-11-12-34-23(19)14-20(28)24(30)29(26)17-9-10-21(32-3)22(13-17)33-4/h9-14,16,18H,5-8,15H2,1-4H3,(H,27,31)/t16-,18-,26+/m0/s1. The normalized spacial score (nSPS) is 24.7. The molecule has 2 aliphatic rings. The highest BCUT2D eigenvalue weighted by Crippen LogP contribution is 2.40. The van der Waals surface area contributed by atoms with Crippen LogP contribution in [-0.2, 0) is 11.3 Å². The highest BCUT2D eigenvalue weighted by Gasteiger charge is 2.49. The molecule has 0 spiro atoms. The lowest BCUT2D eigenvalue weighted by atomic mass is 9.84. The molecule has 1 aromatic carbocycles. The second-order valence-electron chi connectivity index (χ2n) is 9.58. The first kappa shape index (κ1) is 22.8. The van der Waals surface area contributed by atoms with Crippen LogP contribution >= 0.6 is 11.3 Å². The van der Waals surface area contributed by atoms with Crippen LogP contribution in [0.5, 0.6) is 11.5 Å². The molecule has 0 bridgehead atoms. The van der Waals surface area contributed by atoms with E-state index >= 15 is 0 Å². The Hall–Kier alpha value is -3.00. The zero-order chi connectivity index (χ0) is 24.0. The molecule has 7 nitrogen and oxygen atoms in total. The maximum Gasteiger partial charge on any atom is 0.275 e. The Labute approximate surface area is 203 Å². The van der Waals surface area contributed by atoms with Gasteiger partial charge >= 0.3 is 0 Å². The van der Waals surface area contributed by atoms with Crippen molar-refractivity contribution in [2.24, 2.45) is 5.92 Å². The van der Waals surface area contributed by atoms with Crippen LogP contribution in [0.2, 0.25) is 0 Å². The summed E-state index contributed by atoms with van der Waals surface area (Å²) in [6.07, 6.45) is 4.39. The van der Waals surface area contributed by atoms with Crippen molar-refractivity contribution < 1.29 is 19.1 Å². The zero-order valence-electron chi connectivity index (χ0n) is 20.1. The van der Waals surface area contributed by atoms with Gasteiger partial charge in [0.05, 0.1) is 31.0 Å². The lowest BCUT2D eigenvalue weighted by molar-refractivity contribution is -0.127. The van der Waals surface area contributed by atoms with E-state index in [9.17, 15) is 9.59 Å². The Morgan fingerprint density at radius 3 is 2.62 bits per heavy atom. The summed E-state index contributed by atoms with van der Waals surface area (Å²) in [4.78, 5) is 29.6. The van der Waals surface area contributed by atoms with Crippen LogP contribution in [0.4, 0.5) is 5.69 Å². The van der Waals surface area contributed by atoms with Gasteiger partial charge in [-0.15, -0.1) is 11.3 Å². The topological polar surface area (TPSA) is 72.8 Å². The SMILES string of the molecule is COc1ccc(N2C(=O)c3cc4sccc4n3C[C@]2(C)C(=O)N[C@H]2CCCC[C@@H]2C)cc1OC. The van der Waals surface area contributed by atoms with Gasteiger partial charge in [-0.25, -0.2) is 0 Å². The third-order valence-corrected chi connectivity index (χ3v) is 8.30. The van der Waals surface area contributed by atoms with E-state index in [-0.39, 0.29) is 17.9 Å². The van der Waals surface area contributed by atoms with Crippen LogP contribution in [0.1, 0.15) is 50.0 Å². The maximum atomic E-state index is 14.0. The van der Waals surface area contributed by atoms with Gasteiger partial charge in [-0.1, -0.05) is 19.8 Å². The van der Waals surface area contributed by atoms with E-state index in [4.69, 9.17) is 9.47 Å². The molecule has 1 aliphatic carbocycles. The first-order chi connectivity index (χ1) is 16.4. The summed E-state index contributed by atoms with van der Waals surface area (Å²) >= 11 is 1.60. The van der Waals surface area contributed by atoms with E-state index in [0.717, 1.165) is 29.5 Å². The first-order valence-corrected chi connectivity index (χ1v) is 12.7. The van der Waals surface area contributed by atoms with Gasteiger partial charge in [0.1, 0.15) is 11.2 Å². The third kappa shape index (κ3) is 3.55. The summed E-state index contributed by atoms with van der Waals surface area (Å²) in [7, 11) is 3.14. The number of benzene rings is 1. The van der Waals surface area contributed by atoms with E-state index in [0.29, 0.717) is 35.3 Å².